The van der Waals surface area contributed by atoms with Crippen molar-refractivity contribution in [3.05, 3.63) is 47.0 Å². The third-order valence-corrected chi connectivity index (χ3v) is 8.07. The fourth-order valence-electron chi connectivity index (χ4n) is 3.50. The number of nitrogens with zero attached hydrogens (tertiary/aromatic N) is 4. The monoisotopic (exact) mass is 388 g/mol. The first-order valence-electron chi connectivity index (χ1n) is 9.22. The minimum Gasteiger partial charge on any atom is -0.334 e. The highest BCUT2D eigenvalue weighted by molar-refractivity contribution is 8.19. The summed E-state index contributed by atoms with van der Waals surface area (Å²) in [7, 11) is 1.84. The van der Waals surface area contributed by atoms with E-state index >= 15 is 0 Å². The number of amides is 1. The van der Waals surface area contributed by atoms with E-state index in [0.717, 1.165) is 36.6 Å². The van der Waals surface area contributed by atoms with Crippen molar-refractivity contribution in [2.75, 3.05) is 18.6 Å². The van der Waals surface area contributed by atoms with Crippen molar-refractivity contribution in [2.45, 2.75) is 43.4 Å². The molecule has 1 fully saturated rings. The van der Waals surface area contributed by atoms with Crippen LogP contribution in [0.2, 0.25) is 0 Å². The molecule has 1 aromatic carbocycles. The van der Waals surface area contributed by atoms with Crippen molar-refractivity contribution >= 4 is 29.4 Å². The smallest absolute Gasteiger partial charge is 0.254 e. The van der Waals surface area contributed by atoms with Crippen molar-refractivity contribution < 1.29 is 4.79 Å². The van der Waals surface area contributed by atoms with Crippen LogP contribution in [0.15, 0.2) is 24.3 Å². The van der Waals surface area contributed by atoms with E-state index in [9.17, 15) is 4.79 Å². The molecule has 2 aliphatic heterocycles. The molecule has 0 radical (unpaired) electrons. The summed E-state index contributed by atoms with van der Waals surface area (Å²) in [5, 5.41) is 8.66. The Labute approximate surface area is 162 Å². The van der Waals surface area contributed by atoms with E-state index in [1.54, 1.807) is 4.90 Å². The summed E-state index contributed by atoms with van der Waals surface area (Å²) < 4.78 is 2.72. The second kappa shape index (κ2) is 8.05. The summed E-state index contributed by atoms with van der Waals surface area (Å²) in [4.78, 5) is 14.5. The molecular weight excluding hydrogens is 364 g/mol. The predicted octanol–water partition coefficient (Wildman–Crippen LogP) is 3.76. The zero-order chi connectivity index (χ0) is 17.9. The SMILES string of the molecule is CN(Cc1nnc2n1CCCCC2)C(=O)c1ccc(C2SCCS2)cc1. The fraction of sp³-hybridized carbons (Fsp3) is 0.526. The van der Waals surface area contributed by atoms with Crippen LogP contribution in [0, 0.1) is 0 Å². The van der Waals surface area contributed by atoms with E-state index in [-0.39, 0.29) is 5.91 Å². The van der Waals surface area contributed by atoms with Crippen LogP contribution in [-0.4, -0.2) is 44.1 Å². The maximum absolute atomic E-state index is 12.8. The highest BCUT2D eigenvalue weighted by atomic mass is 32.2. The number of aryl methyl sites for hydroxylation is 1. The quantitative estimate of drug-likeness (QED) is 0.798. The molecule has 0 aliphatic carbocycles. The molecule has 2 aromatic rings. The van der Waals surface area contributed by atoms with Gasteiger partial charge in [-0.3, -0.25) is 4.79 Å². The normalized spacial score (nSPS) is 17.7. The number of carbonyl (C=O) groups excluding carboxylic acids is 1. The molecule has 4 rings (SSSR count). The minimum atomic E-state index is 0.0363. The lowest BCUT2D eigenvalue weighted by Gasteiger charge is -2.18. The summed E-state index contributed by atoms with van der Waals surface area (Å²) in [6, 6.07) is 8.11. The summed E-state index contributed by atoms with van der Waals surface area (Å²) in [5.74, 6) is 4.42. The Morgan fingerprint density at radius 2 is 1.92 bits per heavy atom. The number of aromatic nitrogens is 3. The topological polar surface area (TPSA) is 51.0 Å². The Morgan fingerprint density at radius 3 is 2.69 bits per heavy atom. The average Bonchev–Trinajstić information content (AvgIpc) is 3.27. The average molecular weight is 389 g/mol. The molecule has 0 atom stereocenters. The van der Waals surface area contributed by atoms with Crippen molar-refractivity contribution in [1.29, 1.82) is 0 Å². The Hall–Kier alpha value is -1.47. The lowest BCUT2D eigenvalue weighted by atomic mass is 10.1. The van der Waals surface area contributed by atoms with Crippen LogP contribution < -0.4 is 0 Å². The van der Waals surface area contributed by atoms with E-state index < -0.39 is 0 Å². The van der Waals surface area contributed by atoms with Crippen LogP contribution in [0.4, 0.5) is 0 Å². The van der Waals surface area contributed by atoms with Gasteiger partial charge in [0.05, 0.1) is 11.1 Å². The summed E-state index contributed by atoms with van der Waals surface area (Å²) in [5.41, 5.74) is 2.04. The largest absolute Gasteiger partial charge is 0.334 e. The van der Waals surface area contributed by atoms with Gasteiger partial charge in [-0.15, -0.1) is 33.7 Å². The zero-order valence-corrected chi connectivity index (χ0v) is 16.7. The van der Waals surface area contributed by atoms with Gasteiger partial charge in [-0.05, 0) is 30.5 Å². The van der Waals surface area contributed by atoms with Gasteiger partial charge in [0.25, 0.3) is 5.91 Å². The van der Waals surface area contributed by atoms with Crippen molar-refractivity contribution in [1.82, 2.24) is 19.7 Å². The van der Waals surface area contributed by atoms with Gasteiger partial charge in [-0.2, -0.15) is 0 Å². The van der Waals surface area contributed by atoms with Crippen LogP contribution in [0.1, 0.15) is 51.4 Å². The molecule has 0 N–H and O–H groups in total. The number of thioether (sulfide) groups is 2. The number of fused-ring (bicyclic) bond motifs is 1. The molecule has 1 amide bonds. The summed E-state index contributed by atoms with van der Waals surface area (Å²) >= 11 is 3.97. The molecule has 2 aliphatic rings. The van der Waals surface area contributed by atoms with Gasteiger partial charge in [0.15, 0.2) is 5.82 Å². The molecule has 0 spiro atoms. The Kier molecular flexibility index (Phi) is 5.55. The number of hydrogen-bond donors (Lipinski definition) is 0. The van der Waals surface area contributed by atoms with E-state index in [0.29, 0.717) is 11.1 Å². The molecule has 0 bridgehead atoms. The molecule has 138 valence electrons. The summed E-state index contributed by atoms with van der Waals surface area (Å²) in [6.45, 7) is 1.47. The Balaban J connectivity index is 1.44. The maximum atomic E-state index is 12.8. The zero-order valence-electron chi connectivity index (χ0n) is 15.1. The molecular formula is C19H24N4OS2. The van der Waals surface area contributed by atoms with E-state index in [1.807, 2.05) is 42.7 Å². The number of benzene rings is 1. The van der Waals surface area contributed by atoms with Crippen LogP contribution in [0.5, 0.6) is 0 Å². The molecule has 0 saturated carbocycles. The Bertz CT molecular complexity index is 768. The first kappa shape index (κ1) is 17.9. The van der Waals surface area contributed by atoms with Gasteiger partial charge >= 0.3 is 0 Å². The van der Waals surface area contributed by atoms with Crippen LogP contribution in [0.25, 0.3) is 0 Å². The van der Waals surface area contributed by atoms with Crippen molar-refractivity contribution in [3.8, 4) is 0 Å². The van der Waals surface area contributed by atoms with Crippen LogP contribution in [0.3, 0.4) is 0 Å². The molecule has 1 aromatic heterocycles. The van der Waals surface area contributed by atoms with Crippen LogP contribution in [-0.2, 0) is 19.5 Å². The molecule has 3 heterocycles. The molecule has 26 heavy (non-hydrogen) atoms. The summed E-state index contributed by atoms with van der Waals surface area (Å²) in [6.07, 6.45) is 4.57. The number of rotatable bonds is 4. The predicted molar refractivity (Wildman–Crippen MR) is 107 cm³/mol. The second-order valence-corrected chi connectivity index (χ2v) is 9.58. The first-order valence-corrected chi connectivity index (χ1v) is 11.3. The van der Waals surface area contributed by atoms with Crippen molar-refractivity contribution in [2.24, 2.45) is 0 Å². The lowest BCUT2D eigenvalue weighted by molar-refractivity contribution is 0.0780. The van der Waals surface area contributed by atoms with E-state index in [1.165, 1.54) is 29.9 Å². The number of hydrogen-bond acceptors (Lipinski definition) is 5. The molecule has 5 nitrogen and oxygen atoms in total. The Morgan fingerprint density at radius 1 is 1.15 bits per heavy atom. The van der Waals surface area contributed by atoms with Gasteiger partial charge in [0, 0.05) is 37.1 Å². The number of carbonyl (C=O) groups is 1. The third-order valence-electron chi connectivity index (χ3n) is 4.96. The van der Waals surface area contributed by atoms with Gasteiger partial charge in [0.1, 0.15) is 5.82 Å². The van der Waals surface area contributed by atoms with Gasteiger partial charge < -0.3 is 9.47 Å². The van der Waals surface area contributed by atoms with E-state index in [4.69, 9.17) is 0 Å². The van der Waals surface area contributed by atoms with Crippen LogP contribution >= 0.6 is 23.5 Å². The highest BCUT2D eigenvalue weighted by Gasteiger charge is 2.21. The maximum Gasteiger partial charge on any atom is 0.254 e. The lowest BCUT2D eigenvalue weighted by Crippen LogP contribution is -2.28. The molecule has 7 heteroatoms. The van der Waals surface area contributed by atoms with Crippen molar-refractivity contribution in [3.63, 3.8) is 0 Å². The molecule has 1 saturated heterocycles. The standard InChI is InChI=1S/C19H24N4OS2/c1-22(13-17-21-20-16-5-3-2-4-10-23(16)17)18(24)14-6-8-15(9-7-14)19-25-11-12-26-19/h6-9,19H,2-5,10-13H2,1H3. The van der Waals surface area contributed by atoms with E-state index in [2.05, 4.69) is 26.9 Å². The third kappa shape index (κ3) is 3.78. The minimum absolute atomic E-state index is 0.0363. The highest BCUT2D eigenvalue weighted by Crippen LogP contribution is 2.45. The first-order chi connectivity index (χ1) is 12.7. The fourth-order valence-corrected chi connectivity index (χ4v) is 6.36. The second-order valence-electron chi connectivity index (χ2n) is 6.85. The molecule has 0 unspecified atom stereocenters. The van der Waals surface area contributed by atoms with Gasteiger partial charge in [-0.25, -0.2) is 0 Å². The van der Waals surface area contributed by atoms with Gasteiger partial charge in [-0.1, -0.05) is 18.6 Å². The van der Waals surface area contributed by atoms with Gasteiger partial charge in [0.2, 0.25) is 0 Å².